The van der Waals surface area contributed by atoms with Crippen LogP contribution >= 0.6 is 23.2 Å². The van der Waals surface area contributed by atoms with Crippen molar-refractivity contribution < 1.29 is 14.3 Å². The van der Waals surface area contributed by atoms with E-state index in [1.54, 1.807) is 14.2 Å². The third-order valence-corrected chi connectivity index (χ3v) is 6.83. The molecule has 3 atom stereocenters. The van der Waals surface area contributed by atoms with Crippen molar-refractivity contribution in [2.24, 2.45) is 5.92 Å². The molecule has 0 aromatic heterocycles. The van der Waals surface area contributed by atoms with E-state index in [-0.39, 0.29) is 23.8 Å². The van der Waals surface area contributed by atoms with Crippen molar-refractivity contribution in [2.75, 3.05) is 14.2 Å². The maximum absolute atomic E-state index is 13.5. The number of amides is 1. The van der Waals surface area contributed by atoms with Crippen LogP contribution in [0, 0.1) is 5.92 Å². The topological polar surface area (TPSA) is 38.8 Å². The molecule has 34 heavy (non-hydrogen) atoms. The van der Waals surface area contributed by atoms with Crippen LogP contribution in [0.2, 0.25) is 5.02 Å². The largest absolute Gasteiger partial charge is 0.497 e. The van der Waals surface area contributed by atoms with E-state index < -0.39 is 0 Å². The SMILES string of the molecule is C=C(/C=C\C(Cl)=C/C)[C@@H]1[C@@H](c2cccc(Cl)c2)CC(C)C(=O)N1Cc1ccc(OC)cc1OC. The van der Waals surface area contributed by atoms with Crippen molar-refractivity contribution in [3.05, 3.63) is 94.0 Å². The van der Waals surface area contributed by atoms with Gasteiger partial charge in [-0.15, -0.1) is 0 Å². The molecule has 6 heteroatoms. The number of rotatable bonds is 8. The number of hydrogen-bond acceptors (Lipinski definition) is 3. The van der Waals surface area contributed by atoms with E-state index in [2.05, 4.69) is 12.6 Å². The summed E-state index contributed by atoms with van der Waals surface area (Å²) in [5.74, 6) is 1.31. The van der Waals surface area contributed by atoms with Gasteiger partial charge in [-0.05, 0) is 54.8 Å². The number of allylic oxidation sites excluding steroid dienone is 3. The molecular weight excluding hydrogens is 469 g/mol. The lowest BCUT2D eigenvalue weighted by atomic mass is 9.76. The molecule has 1 heterocycles. The third kappa shape index (κ3) is 5.86. The summed E-state index contributed by atoms with van der Waals surface area (Å²) in [6.45, 7) is 8.58. The number of methoxy groups -OCH3 is 2. The van der Waals surface area contributed by atoms with Crippen LogP contribution in [-0.4, -0.2) is 31.1 Å². The summed E-state index contributed by atoms with van der Waals surface area (Å²) in [6.07, 6.45) is 6.22. The lowest BCUT2D eigenvalue weighted by molar-refractivity contribution is -0.141. The predicted molar refractivity (Wildman–Crippen MR) is 140 cm³/mol. The minimum absolute atomic E-state index is 0.0252. The van der Waals surface area contributed by atoms with Crippen LogP contribution in [0.15, 0.2) is 77.9 Å². The zero-order valence-electron chi connectivity index (χ0n) is 20.1. The minimum atomic E-state index is -0.272. The van der Waals surface area contributed by atoms with Crippen molar-refractivity contribution in [1.82, 2.24) is 4.90 Å². The Morgan fingerprint density at radius 2 is 1.94 bits per heavy atom. The van der Waals surface area contributed by atoms with Crippen LogP contribution in [0.25, 0.3) is 0 Å². The molecule has 2 aromatic carbocycles. The molecule has 4 nitrogen and oxygen atoms in total. The molecule has 0 bridgehead atoms. The first-order chi connectivity index (χ1) is 16.3. The van der Waals surface area contributed by atoms with Gasteiger partial charge < -0.3 is 14.4 Å². The van der Waals surface area contributed by atoms with Gasteiger partial charge in [-0.1, -0.05) is 61.0 Å². The fraction of sp³-hybridized carbons (Fsp3) is 0.321. The highest BCUT2D eigenvalue weighted by molar-refractivity contribution is 6.31. The lowest BCUT2D eigenvalue weighted by Crippen LogP contribution is -2.51. The summed E-state index contributed by atoms with van der Waals surface area (Å²) in [5, 5.41) is 1.28. The molecule has 0 radical (unpaired) electrons. The van der Waals surface area contributed by atoms with E-state index in [1.165, 1.54) is 0 Å². The number of carbonyl (C=O) groups is 1. The second-order valence-corrected chi connectivity index (χ2v) is 9.34. The molecule has 1 unspecified atom stereocenters. The van der Waals surface area contributed by atoms with E-state index in [4.69, 9.17) is 32.7 Å². The van der Waals surface area contributed by atoms with Gasteiger partial charge in [0.2, 0.25) is 5.91 Å². The molecule has 0 aliphatic carbocycles. The van der Waals surface area contributed by atoms with Gasteiger partial charge >= 0.3 is 0 Å². The van der Waals surface area contributed by atoms with Gasteiger partial charge in [0.15, 0.2) is 0 Å². The zero-order chi connectivity index (χ0) is 24.8. The normalized spacial score (nSPS) is 21.1. The first-order valence-electron chi connectivity index (χ1n) is 11.2. The molecule has 1 saturated heterocycles. The quantitative estimate of drug-likeness (QED) is 0.362. The molecule has 0 N–H and O–H groups in total. The molecule has 1 amide bonds. The molecule has 1 aliphatic heterocycles. The van der Waals surface area contributed by atoms with Gasteiger partial charge in [-0.2, -0.15) is 0 Å². The first-order valence-corrected chi connectivity index (χ1v) is 12.0. The van der Waals surface area contributed by atoms with Crippen LogP contribution in [0.1, 0.15) is 37.3 Å². The molecule has 0 saturated carbocycles. The second kappa shape index (κ2) is 11.6. The summed E-state index contributed by atoms with van der Waals surface area (Å²) in [4.78, 5) is 15.4. The molecule has 0 spiro atoms. The number of carbonyl (C=O) groups excluding carboxylic acids is 1. The van der Waals surface area contributed by atoms with Crippen molar-refractivity contribution in [1.29, 1.82) is 0 Å². The van der Waals surface area contributed by atoms with Crippen molar-refractivity contribution in [3.8, 4) is 11.5 Å². The van der Waals surface area contributed by atoms with Gasteiger partial charge in [0.25, 0.3) is 0 Å². The third-order valence-electron chi connectivity index (χ3n) is 6.25. The average molecular weight is 500 g/mol. The molecule has 3 rings (SSSR count). The number of ether oxygens (including phenoxy) is 2. The number of nitrogens with zero attached hydrogens (tertiary/aromatic N) is 1. The fourth-order valence-electron chi connectivity index (χ4n) is 4.49. The Balaban J connectivity index is 2.08. The Morgan fingerprint density at radius 1 is 1.18 bits per heavy atom. The molecule has 1 fully saturated rings. The van der Waals surface area contributed by atoms with E-state index in [0.717, 1.165) is 16.7 Å². The molecule has 1 aliphatic rings. The predicted octanol–water partition coefficient (Wildman–Crippen LogP) is 7.13. The van der Waals surface area contributed by atoms with Gasteiger partial charge in [-0.25, -0.2) is 0 Å². The Hall–Kier alpha value is -2.69. The van der Waals surface area contributed by atoms with Crippen molar-refractivity contribution >= 4 is 29.1 Å². The van der Waals surface area contributed by atoms with Crippen LogP contribution in [-0.2, 0) is 11.3 Å². The van der Waals surface area contributed by atoms with Gasteiger partial charge in [-0.3, -0.25) is 4.79 Å². The summed E-state index contributed by atoms with van der Waals surface area (Å²) >= 11 is 12.6. The summed E-state index contributed by atoms with van der Waals surface area (Å²) in [6, 6.07) is 13.2. The van der Waals surface area contributed by atoms with Crippen LogP contribution in [0.3, 0.4) is 0 Å². The Labute approximate surface area is 212 Å². The second-order valence-electron chi connectivity index (χ2n) is 8.47. The zero-order valence-corrected chi connectivity index (χ0v) is 21.6. The van der Waals surface area contributed by atoms with E-state index >= 15 is 0 Å². The highest BCUT2D eigenvalue weighted by Gasteiger charge is 2.41. The Morgan fingerprint density at radius 3 is 2.59 bits per heavy atom. The molecule has 180 valence electrons. The smallest absolute Gasteiger partial charge is 0.226 e. The number of hydrogen-bond donors (Lipinski definition) is 0. The average Bonchev–Trinajstić information content (AvgIpc) is 2.84. The standard InChI is InChI=1S/C28H31Cl2NO3/c1-6-22(29)12-10-18(2)27-25(20-8-7-9-23(30)15-20)14-19(3)28(32)31(27)17-21-11-13-24(33-4)16-26(21)34-5/h6-13,15-16,19,25,27H,2,14,17H2,1,3-5H3/b12-10-,22-6+/t19?,25-,27-/m1/s1. The maximum atomic E-state index is 13.5. The van der Waals surface area contributed by atoms with E-state index in [1.807, 2.05) is 73.4 Å². The summed E-state index contributed by atoms with van der Waals surface area (Å²) < 4.78 is 10.9. The number of piperidine rings is 1. The molecular formula is C28H31Cl2NO3. The van der Waals surface area contributed by atoms with Crippen molar-refractivity contribution in [2.45, 2.75) is 38.8 Å². The number of likely N-dealkylation sites (tertiary alicyclic amines) is 1. The number of benzene rings is 2. The minimum Gasteiger partial charge on any atom is -0.497 e. The molecule has 2 aromatic rings. The van der Waals surface area contributed by atoms with Crippen LogP contribution < -0.4 is 9.47 Å². The number of halogens is 2. The summed E-state index contributed by atoms with van der Waals surface area (Å²) in [7, 11) is 3.23. The lowest BCUT2D eigenvalue weighted by Gasteiger charge is -2.44. The van der Waals surface area contributed by atoms with E-state index in [0.29, 0.717) is 34.5 Å². The van der Waals surface area contributed by atoms with Crippen LogP contribution in [0.4, 0.5) is 0 Å². The van der Waals surface area contributed by atoms with Crippen LogP contribution in [0.5, 0.6) is 11.5 Å². The Kier molecular flexibility index (Phi) is 8.87. The summed E-state index contributed by atoms with van der Waals surface area (Å²) in [5.41, 5.74) is 2.77. The monoisotopic (exact) mass is 499 g/mol. The fourth-order valence-corrected chi connectivity index (χ4v) is 4.75. The highest BCUT2D eigenvalue weighted by atomic mass is 35.5. The maximum Gasteiger partial charge on any atom is 0.226 e. The first kappa shape index (κ1) is 25.9. The van der Waals surface area contributed by atoms with Crippen molar-refractivity contribution in [3.63, 3.8) is 0 Å². The highest BCUT2D eigenvalue weighted by Crippen LogP contribution is 2.41. The van der Waals surface area contributed by atoms with Gasteiger partial charge in [0.05, 0.1) is 20.3 Å². The van der Waals surface area contributed by atoms with E-state index in [9.17, 15) is 4.79 Å². The van der Waals surface area contributed by atoms with Gasteiger partial charge in [0.1, 0.15) is 11.5 Å². The van der Waals surface area contributed by atoms with Gasteiger partial charge in [0, 0.05) is 40.1 Å². The Bertz CT molecular complexity index is 1110.